The smallest absolute Gasteiger partial charge is 0.295 e. The molecule has 0 aliphatic carbocycles. The van der Waals surface area contributed by atoms with Crippen molar-refractivity contribution in [2.24, 2.45) is 0 Å². The van der Waals surface area contributed by atoms with E-state index in [-0.39, 0.29) is 24.1 Å². The van der Waals surface area contributed by atoms with Gasteiger partial charge in [0.2, 0.25) is 0 Å². The lowest BCUT2D eigenvalue weighted by Crippen LogP contribution is -2.56. The number of amides is 2. The van der Waals surface area contributed by atoms with Crippen molar-refractivity contribution in [2.45, 2.75) is 13.0 Å². The van der Waals surface area contributed by atoms with Crippen molar-refractivity contribution in [1.29, 1.82) is 0 Å². The maximum atomic E-state index is 13.5. The number of ether oxygens (including phenoxy) is 1. The highest BCUT2D eigenvalue weighted by atomic mass is 16.5. The average Bonchev–Trinajstić information content (AvgIpc) is 3.41. The fraction of sp³-hybridized carbons (Fsp3) is 0.259. The standard InChI is InChI=1S/C27H27N7O4/c1-16-15-33(26(36)17-7-5-4-6-8-17)9-10-34(16)27(37)25(35)18-11-31-24-22(18)20(38-3)13-32-23(24)19-12-30-21(28-2)14-29-19/h4-8,11-14,16,31H,9-10,15H2,1-3H3,(H,28,30)/t16-/m1/s1. The van der Waals surface area contributed by atoms with Crippen molar-refractivity contribution in [3.05, 3.63) is 66.2 Å². The molecule has 0 saturated carbocycles. The molecule has 11 heteroatoms. The number of aromatic nitrogens is 4. The van der Waals surface area contributed by atoms with E-state index in [4.69, 9.17) is 4.74 Å². The molecule has 0 spiro atoms. The predicted molar refractivity (Wildman–Crippen MR) is 141 cm³/mol. The third-order valence-corrected chi connectivity index (χ3v) is 6.68. The second-order valence-corrected chi connectivity index (χ2v) is 8.96. The summed E-state index contributed by atoms with van der Waals surface area (Å²) in [5.41, 5.74) is 2.26. The SMILES string of the molecule is CNc1cnc(-c2ncc(OC)c3c(C(=O)C(=O)N4CCN(C(=O)c5ccccc5)C[C@H]4C)c[nH]c23)cn1. The Hall–Kier alpha value is -4.80. The highest BCUT2D eigenvalue weighted by Gasteiger charge is 2.35. The Bertz CT molecular complexity index is 1500. The first-order valence-corrected chi connectivity index (χ1v) is 12.2. The number of hydrogen-bond donors (Lipinski definition) is 2. The number of rotatable bonds is 6. The van der Waals surface area contributed by atoms with E-state index in [1.807, 2.05) is 25.1 Å². The van der Waals surface area contributed by atoms with E-state index < -0.39 is 11.7 Å². The molecule has 4 aromatic rings. The van der Waals surface area contributed by atoms with Gasteiger partial charge in [-0.3, -0.25) is 14.4 Å². The largest absolute Gasteiger partial charge is 0.494 e. The van der Waals surface area contributed by atoms with Gasteiger partial charge in [-0.25, -0.2) is 15.0 Å². The van der Waals surface area contributed by atoms with Crippen LogP contribution in [0.3, 0.4) is 0 Å². The minimum absolute atomic E-state index is 0.0943. The van der Waals surface area contributed by atoms with Crippen LogP contribution in [0.5, 0.6) is 5.75 Å². The molecule has 1 atom stereocenters. The minimum atomic E-state index is -0.669. The van der Waals surface area contributed by atoms with Crippen LogP contribution >= 0.6 is 0 Å². The van der Waals surface area contributed by atoms with E-state index in [0.717, 1.165) is 0 Å². The van der Waals surface area contributed by atoms with E-state index in [1.165, 1.54) is 24.4 Å². The Morgan fingerprint density at radius 2 is 1.84 bits per heavy atom. The van der Waals surface area contributed by atoms with Crippen LogP contribution in [0.1, 0.15) is 27.6 Å². The zero-order valence-electron chi connectivity index (χ0n) is 21.3. The molecule has 0 unspecified atom stereocenters. The fourth-order valence-electron chi connectivity index (χ4n) is 4.68. The van der Waals surface area contributed by atoms with Crippen LogP contribution in [0, 0.1) is 0 Å². The molecule has 0 bridgehead atoms. The lowest BCUT2D eigenvalue weighted by atomic mass is 10.0. The summed E-state index contributed by atoms with van der Waals surface area (Å²) in [7, 11) is 3.22. The fourth-order valence-corrected chi connectivity index (χ4v) is 4.68. The molecule has 194 valence electrons. The quantitative estimate of drug-likeness (QED) is 0.297. The number of anilines is 1. The normalized spacial score (nSPS) is 15.4. The van der Waals surface area contributed by atoms with Crippen molar-refractivity contribution in [3.63, 3.8) is 0 Å². The lowest BCUT2D eigenvalue weighted by Gasteiger charge is -2.39. The zero-order valence-corrected chi connectivity index (χ0v) is 21.3. The number of benzene rings is 1. The van der Waals surface area contributed by atoms with Gasteiger partial charge in [-0.05, 0) is 19.1 Å². The molecule has 38 heavy (non-hydrogen) atoms. The van der Waals surface area contributed by atoms with E-state index in [2.05, 4.69) is 25.3 Å². The van der Waals surface area contributed by atoms with E-state index in [1.54, 1.807) is 36.5 Å². The van der Waals surface area contributed by atoms with Crippen LogP contribution in [0.15, 0.2) is 55.1 Å². The molecule has 2 N–H and O–H groups in total. The molecule has 11 nitrogen and oxygen atoms in total. The summed E-state index contributed by atoms with van der Waals surface area (Å²) in [6.07, 6.45) is 6.14. The zero-order chi connectivity index (χ0) is 26.8. The number of nitrogens with one attached hydrogen (secondary N) is 2. The Labute approximate surface area is 218 Å². The number of aromatic amines is 1. The first kappa shape index (κ1) is 24.9. The van der Waals surface area contributed by atoms with Gasteiger partial charge < -0.3 is 24.8 Å². The van der Waals surface area contributed by atoms with Crippen molar-refractivity contribution >= 4 is 34.3 Å². The number of carbonyl (C=O) groups is 3. The maximum absolute atomic E-state index is 13.5. The van der Waals surface area contributed by atoms with Crippen molar-refractivity contribution < 1.29 is 19.1 Å². The van der Waals surface area contributed by atoms with Gasteiger partial charge in [0.15, 0.2) is 0 Å². The minimum Gasteiger partial charge on any atom is -0.494 e. The number of piperazine rings is 1. The molecule has 3 aromatic heterocycles. The average molecular weight is 514 g/mol. The molecule has 1 fully saturated rings. The van der Waals surface area contributed by atoms with Gasteiger partial charge in [0.25, 0.3) is 17.6 Å². The molecule has 1 aromatic carbocycles. The highest BCUT2D eigenvalue weighted by molar-refractivity contribution is 6.45. The number of fused-ring (bicyclic) bond motifs is 1. The number of pyridine rings is 1. The second-order valence-electron chi connectivity index (χ2n) is 8.96. The van der Waals surface area contributed by atoms with Crippen molar-refractivity contribution in [1.82, 2.24) is 29.7 Å². The van der Waals surface area contributed by atoms with Crippen molar-refractivity contribution in [3.8, 4) is 17.1 Å². The summed E-state index contributed by atoms with van der Waals surface area (Å²) in [4.78, 5) is 59.2. The Kier molecular flexibility index (Phi) is 6.73. The van der Waals surface area contributed by atoms with Gasteiger partial charge in [0.1, 0.15) is 23.0 Å². The van der Waals surface area contributed by atoms with Gasteiger partial charge in [-0.2, -0.15) is 0 Å². The summed E-state index contributed by atoms with van der Waals surface area (Å²) >= 11 is 0. The summed E-state index contributed by atoms with van der Waals surface area (Å²) in [5.74, 6) is -0.441. The number of Topliss-reactive ketones (excluding diaryl/α,β-unsaturated/α-hetero) is 1. The number of hydrogen-bond acceptors (Lipinski definition) is 8. The molecule has 0 radical (unpaired) electrons. The number of methoxy groups -OCH3 is 1. The Balaban J connectivity index is 1.40. The number of ketones is 1. The monoisotopic (exact) mass is 513 g/mol. The summed E-state index contributed by atoms with van der Waals surface area (Å²) in [6, 6.07) is 8.68. The van der Waals surface area contributed by atoms with Crippen LogP contribution in [0.4, 0.5) is 5.82 Å². The van der Waals surface area contributed by atoms with Crippen LogP contribution in [0.2, 0.25) is 0 Å². The summed E-state index contributed by atoms with van der Waals surface area (Å²) < 4.78 is 5.48. The molecule has 1 aliphatic rings. The number of nitrogens with zero attached hydrogens (tertiary/aromatic N) is 5. The molecule has 4 heterocycles. The first-order valence-electron chi connectivity index (χ1n) is 12.2. The van der Waals surface area contributed by atoms with Crippen LogP contribution in [-0.2, 0) is 4.79 Å². The first-order chi connectivity index (χ1) is 18.4. The third-order valence-electron chi connectivity index (χ3n) is 6.68. The van der Waals surface area contributed by atoms with E-state index >= 15 is 0 Å². The van der Waals surface area contributed by atoms with Crippen LogP contribution in [0.25, 0.3) is 22.3 Å². The van der Waals surface area contributed by atoms with Gasteiger partial charge in [0, 0.05) is 44.5 Å². The second kappa shape index (κ2) is 10.3. The van der Waals surface area contributed by atoms with E-state index in [0.29, 0.717) is 52.5 Å². The van der Waals surface area contributed by atoms with Crippen LogP contribution in [-0.4, -0.2) is 87.2 Å². The Morgan fingerprint density at radius 3 is 2.50 bits per heavy atom. The molecule has 2 amide bonds. The topological polar surface area (TPSA) is 133 Å². The van der Waals surface area contributed by atoms with E-state index in [9.17, 15) is 14.4 Å². The molecule has 1 saturated heterocycles. The lowest BCUT2D eigenvalue weighted by molar-refractivity contribution is -0.130. The van der Waals surface area contributed by atoms with Gasteiger partial charge in [0.05, 0.1) is 42.2 Å². The summed E-state index contributed by atoms with van der Waals surface area (Å²) in [6.45, 7) is 2.76. The number of H-pyrrole nitrogens is 1. The number of carbonyl (C=O) groups excluding carboxylic acids is 3. The molecule has 1 aliphatic heterocycles. The van der Waals surface area contributed by atoms with Gasteiger partial charge in [-0.1, -0.05) is 18.2 Å². The maximum Gasteiger partial charge on any atom is 0.295 e. The predicted octanol–water partition coefficient (Wildman–Crippen LogP) is 2.63. The van der Waals surface area contributed by atoms with Crippen molar-refractivity contribution in [2.75, 3.05) is 39.1 Å². The summed E-state index contributed by atoms with van der Waals surface area (Å²) in [5, 5.41) is 3.36. The highest BCUT2D eigenvalue weighted by Crippen LogP contribution is 2.34. The molecule has 5 rings (SSSR count). The third kappa shape index (κ3) is 4.42. The Morgan fingerprint density at radius 1 is 1.05 bits per heavy atom. The van der Waals surface area contributed by atoms with Gasteiger partial charge in [-0.15, -0.1) is 0 Å². The molecular weight excluding hydrogens is 486 g/mol. The van der Waals surface area contributed by atoms with Crippen LogP contribution < -0.4 is 10.1 Å². The molecular formula is C27H27N7O4. The van der Waals surface area contributed by atoms with Gasteiger partial charge >= 0.3 is 0 Å².